The van der Waals surface area contributed by atoms with Gasteiger partial charge < -0.3 is 4.74 Å². The van der Waals surface area contributed by atoms with Gasteiger partial charge in [-0.25, -0.2) is 0 Å². The Morgan fingerprint density at radius 1 is 1.28 bits per heavy atom. The Balaban J connectivity index is 2.57. The number of hydrogen-bond donors (Lipinski definition) is 0. The van der Waals surface area contributed by atoms with Crippen LogP contribution in [0.25, 0.3) is 5.20 Å². The third-order valence-corrected chi connectivity index (χ3v) is 5.53. The van der Waals surface area contributed by atoms with Gasteiger partial charge in [-0.1, -0.05) is 61.2 Å². The minimum atomic E-state index is -1.40. The topological polar surface area (TPSA) is 9.23 Å². The molecular formula is C16H22OSi. The molecule has 1 heterocycles. The molecule has 1 saturated heterocycles. The number of ether oxygens (including phenoxy) is 1. The molecule has 0 aromatic heterocycles. The van der Waals surface area contributed by atoms with Gasteiger partial charge in [-0.15, -0.1) is 6.58 Å². The van der Waals surface area contributed by atoms with Crippen LogP contribution in [0.1, 0.15) is 5.56 Å². The van der Waals surface area contributed by atoms with Crippen molar-refractivity contribution in [2.75, 3.05) is 13.2 Å². The quantitative estimate of drug-likeness (QED) is 0.584. The van der Waals surface area contributed by atoms with Gasteiger partial charge in [0.15, 0.2) is 0 Å². The molecule has 0 amide bonds. The van der Waals surface area contributed by atoms with Crippen molar-refractivity contribution < 1.29 is 4.74 Å². The molecule has 1 fully saturated rings. The number of rotatable bonds is 3. The SMILES string of the molecule is C=CC1COC/C1=C(/c1ccccc1)[Si](C)(C)C. The van der Waals surface area contributed by atoms with E-state index in [4.69, 9.17) is 4.74 Å². The van der Waals surface area contributed by atoms with Gasteiger partial charge in [-0.2, -0.15) is 0 Å². The third kappa shape index (κ3) is 2.65. The summed E-state index contributed by atoms with van der Waals surface area (Å²) >= 11 is 0. The molecule has 1 unspecified atom stereocenters. The van der Waals surface area contributed by atoms with Gasteiger partial charge in [0, 0.05) is 5.92 Å². The summed E-state index contributed by atoms with van der Waals surface area (Å²) in [6.45, 7) is 12.7. The standard InChI is InChI=1S/C16H22OSi/c1-5-13-11-17-12-15(13)16(18(2,3)4)14-9-7-6-8-10-14/h5-10,13H,1,11-12H2,2-4H3/b16-15+. The second-order valence-electron chi connectivity index (χ2n) is 5.87. The van der Waals surface area contributed by atoms with E-state index in [1.807, 2.05) is 6.08 Å². The van der Waals surface area contributed by atoms with Crippen molar-refractivity contribution in [2.24, 2.45) is 5.92 Å². The average molecular weight is 258 g/mol. The molecule has 1 nitrogen and oxygen atoms in total. The van der Waals surface area contributed by atoms with E-state index in [-0.39, 0.29) is 0 Å². The summed E-state index contributed by atoms with van der Waals surface area (Å²) < 4.78 is 5.65. The van der Waals surface area contributed by atoms with Crippen LogP contribution in [0.5, 0.6) is 0 Å². The molecule has 0 radical (unpaired) electrons. The molecule has 0 saturated carbocycles. The lowest BCUT2D eigenvalue weighted by atomic mass is 10.00. The first-order valence-corrected chi connectivity index (χ1v) is 10.0. The molecule has 1 aromatic rings. The van der Waals surface area contributed by atoms with Crippen LogP contribution in [0.2, 0.25) is 19.6 Å². The predicted molar refractivity (Wildman–Crippen MR) is 81.2 cm³/mol. The second-order valence-corrected chi connectivity index (χ2v) is 10.9. The van der Waals surface area contributed by atoms with Crippen LogP contribution in [0.3, 0.4) is 0 Å². The van der Waals surface area contributed by atoms with Gasteiger partial charge in [0.2, 0.25) is 0 Å². The Bertz CT molecular complexity index is 454. The van der Waals surface area contributed by atoms with E-state index in [1.165, 1.54) is 11.1 Å². The largest absolute Gasteiger partial charge is 0.376 e. The predicted octanol–water partition coefficient (Wildman–Crippen LogP) is 4.15. The molecule has 0 N–H and O–H groups in total. The molecule has 1 aliphatic heterocycles. The Labute approximate surface area is 111 Å². The van der Waals surface area contributed by atoms with Crippen molar-refractivity contribution >= 4 is 13.3 Å². The van der Waals surface area contributed by atoms with Crippen molar-refractivity contribution in [3.05, 3.63) is 54.1 Å². The molecule has 0 aliphatic carbocycles. The molecule has 2 rings (SSSR count). The van der Waals surface area contributed by atoms with E-state index < -0.39 is 8.07 Å². The van der Waals surface area contributed by atoms with Gasteiger partial charge in [0.25, 0.3) is 0 Å². The van der Waals surface area contributed by atoms with E-state index in [0.29, 0.717) is 5.92 Å². The average Bonchev–Trinajstić information content (AvgIpc) is 2.77. The maximum Gasteiger partial charge on any atom is 0.0784 e. The number of hydrogen-bond acceptors (Lipinski definition) is 1. The highest BCUT2D eigenvalue weighted by Gasteiger charge is 2.30. The fourth-order valence-corrected chi connectivity index (χ4v) is 4.93. The van der Waals surface area contributed by atoms with E-state index in [9.17, 15) is 0 Å². The maximum atomic E-state index is 5.65. The Morgan fingerprint density at radius 3 is 2.50 bits per heavy atom. The van der Waals surface area contributed by atoms with Gasteiger partial charge in [0.05, 0.1) is 21.3 Å². The summed E-state index contributed by atoms with van der Waals surface area (Å²) in [5, 5.41) is 1.55. The Kier molecular flexibility index (Phi) is 3.88. The van der Waals surface area contributed by atoms with Crippen LogP contribution < -0.4 is 0 Å². The zero-order valence-corrected chi connectivity index (χ0v) is 12.6. The maximum absolute atomic E-state index is 5.65. The molecule has 18 heavy (non-hydrogen) atoms. The molecule has 2 heteroatoms. The minimum Gasteiger partial charge on any atom is -0.376 e. The Morgan fingerprint density at radius 2 is 1.94 bits per heavy atom. The fraction of sp³-hybridized carbons (Fsp3) is 0.375. The second kappa shape index (κ2) is 5.25. The number of benzene rings is 1. The first-order valence-electron chi connectivity index (χ1n) is 6.53. The van der Waals surface area contributed by atoms with Crippen LogP contribution in [0.4, 0.5) is 0 Å². The van der Waals surface area contributed by atoms with E-state index >= 15 is 0 Å². The van der Waals surface area contributed by atoms with Crippen molar-refractivity contribution in [1.82, 2.24) is 0 Å². The van der Waals surface area contributed by atoms with Crippen LogP contribution in [-0.4, -0.2) is 21.3 Å². The van der Waals surface area contributed by atoms with E-state index in [2.05, 4.69) is 56.6 Å². The van der Waals surface area contributed by atoms with E-state index in [1.54, 1.807) is 5.20 Å². The smallest absolute Gasteiger partial charge is 0.0784 e. The fourth-order valence-electron chi connectivity index (χ4n) is 2.68. The van der Waals surface area contributed by atoms with Crippen molar-refractivity contribution in [2.45, 2.75) is 19.6 Å². The van der Waals surface area contributed by atoms with Crippen molar-refractivity contribution in [3.63, 3.8) is 0 Å². The normalized spacial score (nSPS) is 22.9. The first-order chi connectivity index (χ1) is 8.54. The highest BCUT2D eigenvalue weighted by atomic mass is 28.3. The third-order valence-electron chi connectivity index (χ3n) is 3.42. The highest BCUT2D eigenvalue weighted by Crippen LogP contribution is 2.35. The summed E-state index contributed by atoms with van der Waals surface area (Å²) in [4.78, 5) is 0. The molecule has 1 aliphatic rings. The molecular weight excluding hydrogens is 236 g/mol. The van der Waals surface area contributed by atoms with Gasteiger partial charge in [-0.3, -0.25) is 0 Å². The molecule has 96 valence electrons. The van der Waals surface area contributed by atoms with Gasteiger partial charge >= 0.3 is 0 Å². The lowest BCUT2D eigenvalue weighted by Crippen LogP contribution is -2.25. The summed E-state index contributed by atoms with van der Waals surface area (Å²) in [6, 6.07) is 10.8. The van der Waals surface area contributed by atoms with Gasteiger partial charge in [-0.05, 0) is 11.1 Å². The monoisotopic (exact) mass is 258 g/mol. The van der Waals surface area contributed by atoms with Gasteiger partial charge in [0.1, 0.15) is 0 Å². The summed E-state index contributed by atoms with van der Waals surface area (Å²) in [5.41, 5.74) is 2.82. The Hall–Kier alpha value is -1.12. The molecule has 1 aromatic carbocycles. The summed E-state index contributed by atoms with van der Waals surface area (Å²) in [7, 11) is -1.40. The zero-order valence-electron chi connectivity index (χ0n) is 11.6. The molecule has 1 atom stereocenters. The van der Waals surface area contributed by atoms with Crippen LogP contribution >= 0.6 is 0 Å². The first kappa shape index (κ1) is 13.3. The summed E-state index contributed by atoms with van der Waals surface area (Å²) in [6.07, 6.45) is 2.03. The zero-order chi connectivity index (χ0) is 13.2. The lowest BCUT2D eigenvalue weighted by molar-refractivity contribution is 0.195. The molecule has 0 spiro atoms. The minimum absolute atomic E-state index is 0.395. The van der Waals surface area contributed by atoms with Crippen molar-refractivity contribution in [1.29, 1.82) is 0 Å². The van der Waals surface area contributed by atoms with E-state index in [0.717, 1.165) is 13.2 Å². The lowest BCUT2D eigenvalue weighted by Gasteiger charge is -2.25. The summed E-state index contributed by atoms with van der Waals surface area (Å²) in [5.74, 6) is 0.395. The van der Waals surface area contributed by atoms with Crippen LogP contribution in [-0.2, 0) is 4.74 Å². The highest BCUT2D eigenvalue weighted by molar-refractivity contribution is 6.93. The van der Waals surface area contributed by atoms with Crippen molar-refractivity contribution in [3.8, 4) is 0 Å². The molecule has 0 bridgehead atoms. The van der Waals surface area contributed by atoms with Crippen LogP contribution in [0, 0.1) is 5.92 Å². The van der Waals surface area contributed by atoms with Crippen LogP contribution in [0.15, 0.2) is 48.6 Å².